The molecule has 3 aliphatic heterocycles. The summed E-state index contributed by atoms with van der Waals surface area (Å²) in [6.45, 7) is 1.98. The van der Waals surface area contributed by atoms with Gasteiger partial charge in [-0.15, -0.1) is 0 Å². The van der Waals surface area contributed by atoms with Gasteiger partial charge in [-0.3, -0.25) is 9.69 Å². The average molecular weight is 445 g/mol. The fourth-order valence-corrected chi connectivity index (χ4v) is 5.62. The molecule has 0 bridgehead atoms. The molecular weight excluding hydrogens is 418 g/mol. The third-order valence-corrected chi connectivity index (χ3v) is 7.07. The van der Waals surface area contributed by atoms with Gasteiger partial charge in [0.1, 0.15) is 5.76 Å². The van der Waals surface area contributed by atoms with E-state index in [4.69, 9.17) is 18.9 Å². The Kier molecular flexibility index (Phi) is 5.25. The Hall–Kier alpha value is -2.78. The van der Waals surface area contributed by atoms with E-state index in [-0.39, 0.29) is 18.2 Å². The van der Waals surface area contributed by atoms with Gasteiger partial charge in [-0.1, -0.05) is 0 Å². The number of hydrogen-bond acceptors (Lipinski definition) is 9. The van der Waals surface area contributed by atoms with Crippen molar-refractivity contribution < 1.29 is 38.4 Å². The second-order valence-electron chi connectivity index (χ2n) is 8.62. The number of benzene rings is 1. The number of methoxy groups -OCH3 is 2. The van der Waals surface area contributed by atoms with Gasteiger partial charge in [-0.25, -0.2) is 4.79 Å². The van der Waals surface area contributed by atoms with E-state index in [0.29, 0.717) is 11.5 Å². The molecule has 32 heavy (non-hydrogen) atoms. The van der Waals surface area contributed by atoms with E-state index in [1.165, 1.54) is 7.11 Å². The van der Waals surface area contributed by atoms with E-state index in [2.05, 4.69) is 15.7 Å². The topological polar surface area (TPSA) is 104 Å². The van der Waals surface area contributed by atoms with Crippen molar-refractivity contribution in [3.05, 3.63) is 35.1 Å². The zero-order valence-electron chi connectivity index (χ0n) is 18.2. The summed E-state index contributed by atoms with van der Waals surface area (Å²) in [5.41, 5.74) is 1.79. The van der Waals surface area contributed by atoms with Gasteiger partial charge in [0.25, 0.3) is 0 Å². The van der Waals surface area contributed by atoms with Crippen LogP contribution in [-0.2, 0) is 30.2 Å². The van der Waals surface area contributed by atoms with Crippen molar-refractivity contribution in [1.82, 2.24) is 4.90 Å². The van der Waals surface area contributed by atoms with E-state index in [1.54, 1.807) is 7.11 Å². The summed E-state index contributed by atoms with van der Waals surface area (Å²) in [7, 11) is 2.76. The predicted octanol–water partition coefficient (Wildman–Crippen LogP) is 1.27. The fraction of sp³-hybridized carbons (Fsp3) is 0.565. The maximum Gasteiger partial charge on any atom is 0.336 e. The molecule has 0 saturated carbocycles. The summed E-state index contributed by atoms with van der Waals surface area (Å²) < 4.78 is 27.3. The highest BCUT2D eigenvalue weighted by Crippen LogP contribution is 2.55. The lowest BCUT2D eigenvalue weighted by molar-refractivity contribution is -0.164. The molecule has 0 amide bonds. The van der Waals surface area contributed by atoms with Gasteiger partial charge in [0.2, 0.25) is 6.79 Å². The van der Waals surface area contributed by atoms with Crippen molar-refractivity contribution in [2.75, 3.05) is 34.1 Å². The molecule has 3 heterocycles. The molecule has 1 aliphatic carbocycles. The van der Waals surface area contributed by atoms with E-state index >= 15 is 0 Å². The van der Waals surface area contributed by atoms with E-state index < -0.39 is 30.6 Å². The maximum absolute atomic E-state index is 12.7. The smallest absolute Gasteiger partial charge is 0.336 e. The van der Waals surface area contributed by atoms with Gasteiger partial charge >= 0.3 is 11.9 Å². The molecule has 4 unspecified atom stereocenters. The molecular formula is C23H27NO8. The van der Waals surface area contributed by atoms with Crippen LogP contribution < -0.4 is 9.47 Å². The molecule has 4 aliphatic rings. The van der Waals surface area contributed by atoms with Crippen molar-refractivity contribution in [2.45, 2.75) is 49.3 Å². The predicted molar refractivity (Wildman–Crippen MR) is 110 cm³/mol. The third kappa shape index (κ3) is 3.22. The molecule has 4 atom stereocenters. The summed E-state index contributed by atoms with van der Waals surface area (Å²) in [5, 5.41) is 10.2. The van der Waals surface area contributed by atoms with Gasteiger partial charge in [-0.05, 0) is 55.1 Å². The first-order chi connectivity index (χ1) is 15.5. The van der Waals surface area contributed by atoms with Crippen LogP contribution in [0, 0.1) is 0 Å². The summed E-state index contributed by atoms with van der Waals surface area (Å²) in [4.78, 5) is 26.7. The highest BCUT2D eigenvalue weighted by Gasteiger charge is 2.58. The lowest BCUT2D eigenvalue weighted by Crippen LogP contribution is -2.47. The van der Waals surface area contributed by atoms with Crippen molar-refractivity contribution >= 4 is 11.9 Å². The number of esters is 2. The molecule has 5 rings (SSSR count). The number of aliphatic hydroxyl groups is 1. The van der Waals surface area contributed by atoms with Gasteiger partial charge in [-0.2, -0.15) is 0 Å². The van der Waals surface area contributed by atoms with Crippen LogP contribution in [0.15, 0.2) is 24.0 Å². The van der Waals surface area contributed by atoms with Crippen LogP contribution in [0.5, 0.6) is 11.5 Å². The molecule has 9 nitrogen and oxygen atoms in total. The lowest BCUT2D eigenvalue weighted by Gasteiger charge is -2.39. The molecule has 1 N–H and O–H groups in total. The van der Waals surface area contributed by atoms with Crippen LogP contribution in [0.3, 0.4) is 0 Å². The van der Waals surface area contributed by atoms with Crippen LogP contribution in [-0.4, -0.2) is 73.8 Å². The van der Waals surface area contributed by atoms with Crippen molar-refractivity contribution in [3.8, 4) is 11.5 Å². The molecule has 1 fully saturated rings. The first-order valence-electron chi connectivity index (χ1n) is 10.9. The van der Waals surface area contributed by atoms with Crippen LogP contribution in [0.4, 0.5) is 0 Å². The Morgan fingerprint density at radius 1 is 1.25 bits per heavy atom. The third-order valence-electron chi connectivity index (χ3n) is 7.07. The minimum absolute atomic E-state index is 0.180. The minimum Gasteiger partial charge on any atom is -0.497 e. The summed E-state index contributed by atoms with van der Waals surface area (Å²) in [6.07, 6.45) is 2.02. The molecule has 172 valence electrons. The Labute approximate surface area is 185 Å². The molecule has 1 aromatic rings. The Morgan fingerprint density at radius 2 is 2.03 bits per heavy atom. The maximum atomic E-state index is 12.7. The highest BCUT2D eigenvalue weighted by atomic mass is 16.7. The molecule has 0 aromatic heterocycles. The van der Waals surface area contributed by atoms with Gasteiger partial charge in [0, 0.05) is 6.54 Å². The number of carbonyl (C=O) groups excluding carboxylic acids is 2. The normalized spacial score (nSPS) is 28.7. The second kappa shape index (κ2) is 7.97. The van der Waals surface area contributed by atoms with Crippen molar-refractivity contribution in [1.29, 1.82) is 0 Å². The summed E-state index contributed by atoms with van der Waals surface area (Å²) in [5.74, 6) is 0.143. The number of rotatable bonds is 5. The van der Waals surface area contributed by atoms with Gasteiger partial charge in [0.05, 0.1) is 32.1 Å². The quantitative estimate of drug-likeness (QED) is 0.671. The molecule has 0 radical (unpaired) electrons. The van der Waals surface area contributed by atoms with E-state index in [1.807, 2.05) is 12.1 Å². The highest BCUT2D eigenvalue weighted by molar-refractivity contribution is 5.82. The second-order valence-corrected chi connectivity index (χ2v) is 8.62. The van der Waals surface area contributed by atoms with Gasteiger partial charge in [0.15, 0.2) is 23.7 Å². The molecule has 1 saturated heterocycles. The van der Waals surface area contributed by atoms with Crippen molar-refractivity contribution in [3.63, 3.8) is 0 Å². The number of ether oxygens (including phenoxy) is 5. The number of carbonyl (C=O) groups is 2. The first kappa shape index (κ1) is 21.1. The Balaban J connectivity index is 1.54. The largest absolute Gasteiger partial charge is 0.497 e. The lowest BCUT2D eigenvalue weighted by atomic mass is 9.77. The number of fused-ring (bicyclic) bond motifs is 3. The van der Waals surface area contributed by atoms with Crippen LogP contribution >= 0.6 is 0 Å². The Bertz CT molecular complexity index is 975. The van der Waals surface area contributed by atoms with E-state index in [0.717, 1.165) is 49.2 Å². The molecule has 1 spiro atoms. The SMILES string of the molecule is COC(=O)CC(O)C(=O)OC1C(OC)=CC23CCCN2CCc2cc4c(cc2C13)OCO4. The summed E-state index contributed by atoms with van der Waals surface area (Å²) in [6, 6.07) is 4.01. The number of hydrogen-bond donors (Lipinski definition) is 1. The standard InChI is InChI=1S/C23H27NO8/c1-28-18-11-23-5-3-6-24(23)7-4-13-8-16-17(31-12-30-16)9-14(13)20(23)21(18)32-22(27)15(25)10-19(26)29-2/h8-9,11,15,20-21,25H,3-7,10,12H2,1-2H3. The van der Waals surface area contributed by atoms with Crippen LogP contribution in [0.25, 0.3) is 0 Å². The van der Waals surface area contributed by atoms with Crippen molar-refractivity contribution in [2.24, 2.45) is 0 Å². The number of nitrogens with zero attached hydrogens (tertiary/aromatic N) is 1. The summed E-state index contributed by atoms with van der Waals surface area (Å²) >= 11 is 0. The molecule has 9 heteroatoms. The van der Waals surface area contributed by atoms with Crippen LogP contribution in [0.2, 0.25) is 0 Å². The average Bonchev–Trinajstić information content (AvgIpc) is 3.47. The zero-order chi connectivity index (χ0) is 22.5. The zero-order valence-corrected chi connectivity index (χ0v) is 18.2. The fourth-order valence-electron chi connectivity index (χ4n) is 5.62. The monoisotopic (exact) mass is 445 g/mol. The van der Waals surface area contributed by atoms with Gasteiger partial charge < -0.3 is 28.8 Å². The minimum atomic E-state index is -1.61. The number of aliphatic hydroxyl groups excluding tert-OH is 1. The first-order valence-corrected chi connectivity index (χ1v) is 10.9. The Morgan fingerprint density at radius 3 is 2.78 bits per heavy atom. The van der Waals surface area contributed by atoms with E-state index in [9.17, 15) is 14.7 Å². The molecule has 1 aromatic carbocycles. The van der Waals surface area contributed by atoms with Crippen LogP contribution in [0.1, 0.15) is 36.3 Å².